The average molecular weight is 481 g/mol. The highest BCUT2D eigenvalue weighted by molar-refractivity contribution is 6.23. The number of benzene rings is 3. The van der Waals surface area contributed by atoms with Crippen LogP contribution < -0.4 is 4.90 Å². The lowest BCUT2D eigenvalue weighted by molar-refractivity contribution is -0.152. The standard InChI is InChI=1S/C28H20FN3O4/c29-28-15-22(30-23(33)17-10-4-5-11-18(17)24(30)34)26(36)32-21(14-16-8-2-1-3-9-16)25(35)31(27(28)32)20-13-7-6-12-19(20)28/h1-13,21-22,27H,14-15H2/t21-,22+,27-,28+/m1/s1. The van der Waals surface area contributed by atoms with Crippen LogP contribution >= 0.6 is 0 Å². The third-order valence-electron chi connectivity index (χ3n) is 7.83. The van der Waals surface area contributed by atoms with Crippen LogP contribution in [0.3, 0.4) is 0 Å². The molecule has 4 heterocycles. The number of piperidine rings is 1. The summed E-state index contributed by atoms with van der Waals surface area (Å²) in [5, 5.41) is 0. The lowest BCUT2D eigenvalue weighted by atomic mass is 9.82. The van der Waals surface area contributed by atoms with Crippen LogP contribution in [-0.2, 0) is 21.7 Å². The van der Waals surface area contributed by atoms with E-state index in [2.05, 4.69) is 0 Å². The number of anilines is 1. The summed E-state index contributed by atoms with van der Waals surface area (Å²) < 4.78 is 17.2. The van der Waals surface area contributed by atoms with Crippen molar-refractivity contribution in [2.75, 3.05) is 4.90 Å². The van der Waals surface area contributed by atoms with E-state index in [4.69, 9.17) is 0 Å². The summed E-state index contributed by atoms with van der Waals surface area (Å²) in [6, 6.07) is 20.0. The number of amides is 4. The van der Waals surface area contributed by atoms with Gasteiger partial charge in [-0.2, -0.15) is 0 Å². The first kappa shape index (κ1) is 21.0. The van der Waals surface area contributed by atoms with Crippen molar-refractivity contribution < 1.29 is 23.6 Å². The molecule has 0 unspecified atom stereocenters. The van der Waals surface area contributed by atoms with Crippen LogP contribution in [0.15, 0.2) is 78.9 Å². The third-order valence-corrected chi connectivity index (χ3v) is 7.83. The summed E-state index contributed by atoms with van der Waals surface area (Å²) in [5.74, 6) is -2.20. The molecular weight excluding hydrogens is 461 g/mol. The fraction of sp³-hybridized carbons (Fsp3) is 0.214. The highest BCUT2D eigenvalue weighted by atomic mass is 19.1. The predicted molar refractivity (Wildman–Crippen MR) is 127 cm³/mol. The molecule has 4 aliphatic heterocycles. The zero-order valence-electron chi connectivity index (χ0n) is 19.0. The molecule has 2 fully saturated rings. The van der Waals surface area contributed by atoms with Gasteiger partial charge in [0.15, 0.2) is 11.8 Å². The topological polar surface area (TPSA) is 78.0 Å². The van der Waals surface area contributed by atoms with Crippen LogP contribution in [0.5, 0.6) is 0 Å². The van der Waals surface area contributed by atoms with Crippen molar-refractivity contribution in [2.24, 2.45) is 0 Å². The van der Waals surface area contributed by atoms with Gasteiger partial charge < -0.3 is 4.90 Å². The maximum atomic E-state index is 17.2. The molecule has 2 saturated heterocycles. The van der Waals surface area contributed by atoms with E-state index in [1.165, 1.54) is 21.9 Å². The van der Waals surface area contributed by atoms with E-state index in [1.54, 1.807) is 36.4 Å². The predicted octanol–water partition coefficient (Wildman–Crippen LogP) is 3.05. The first-order valence-electron chi connectivity index (χ1n) is 11.9. The number of hydrogen-bond donors (Lipinski definition) is 0. The van der Waals surface area contributed by atoms with Gasteiger partial charge in [0.25, 0.3) is 17.7 Å². The van der Waals surface area contributed by atoms with Crippen molar-refractivity contribution in [1.82, 2.24) is 9.80 Å². The van der Waals surface area contributed by atoms with Crippen LogP contribution in [-0.4, -0.2) is 51.7 Å². The van der Waals surface area contributed by atoms with E-state index in [9.17, 15) is 19.2 Å². The number of halogens is 1. The number of nitrogens with zero attached hydrogens (tertiary/aromatic N) is 3. The first-order chi connectivity index (χ1) is 17.4. The Morgan fingerprint density at radius 3 is 2.06 bits per heavy atom. The minimum absolute atomic E-state index is 0.192. The molecule has 0 bridgehead atoms. The number of carbonyl (C=O) groups is 4. The van der Waals surface area contributed by atoms with Gasteiger partial charge in [-0.15, -0.1) is 0 Å². The van der Waals surface area contributed by atoms with Gasteiger partial charge in [-0.05, 0) is 23.8 Å². The van der Waals surface area contributed by atoms with E-state index in [1.807, 2.05) is 30.3 Å². The van der Waals surface area contributed by atoms with Crippen molar-refractivity contribution >= 4 is 29.3 Å². The largest absolute Gasteiger partial charge is 0.304 e. The van der Waals surface area contributed by atoms with Crippen molar-refractivity contribution in [3.8, 4) is 0 Å². The van der Waals surface area contributed by atoms with E-state index in [0.29, 0.717) is 11.3 Å². The highest BCUT2D eigenvalue weighted by Crippen LogP contribution is 2.56. The fourth-order valence-corrected chi connectivity index (χ4v) is 6.29. The maximum Gasteiger partial charge on any atom is 0.262 e. The first-order valence-corrected chi connectivity index (χ1v) is 11.9. The summed E-state index contributed by atoms with van der Waals surface area (Å²) in [4.78, 5) is 57.9. The van der Waals surface area contributed by atoms with E-state index >= 15 is 4.39 Å². The molecule has 8 heteroatoms. The third kappa shape index (κ3) is 2.50. The Morgan fingerprint density at radius 2 is 1.36 bits per heavy atom. The van der Waals surface area contributed by atoms with Crippen molar-refractivity contribution in [2.45, 2.75) is 36.8 Å². The Balaban J connectivity index is 1.37. The number of rotatable bonds is 3. The second-order valence-electron chi connectivity index (χ2n) is 9.66. The molecule has 0 radical (unpaired) electrons. The molecule has 7 rings (SSSR count). The highest BCUT2D eigenvalue weighted by Gasteiger charge is 2.69. The van der Waals surface area contributed by atoms with Crippen LogP contribution in [0.1, 0.15) is 38.3 Å². The number of alkyl halides is 1. The molecule has 4 atom stereocenters. The van der Waals surface area contributed by atoms with Crippen LogP contribution in [0.4, 0.5) is 10.1 Å². The number of imide groups is 1. The van der Waals surface area contributed by atoms with Crippen molar-refractivity contribution in [3.05, 3.63) is 101 Å². The zero-order chi connectivity index (χ0) is 24.8. The molecule has 0 spiro atoms. The lowest BCUT2D eigenvalue weighted by Gasteiger charge is -2.45. The number of carbonyl (C=O) groups excluding carboxylic acids is 4. The van der Waals surface area contributed by atoms with Gasteiger partial charge in [-0.1, -0.05) is 60.7 Å². The Hall–Kier alpha value is -4.33. The van der Waals surface area contributed by atoms with Crippen LogP contribution in [0, 0.1) is 0 Å². The molecule has 4 aliphatic rings. The van der Waals surface area contributed by atoms with Crippen LogP contribution in [0.25, 0.3) is 0 Å². The minimum Gasteiger partial charge on any atom is -0.304 e. The molecule has 4 amide bonds. The Bertz CT molecular complexity index is 1460. The lowest BCUT2D eigenvalue weighted by Crippen LogP contribution is -2.65. The average Bonchev–Trinajstić information content (AvgIpc) is 3.44. The van der Waals surface area contributed by atoms with Gasteiger partial charge in [0, 0.05) is 18.4 Å². The Labute approximate surface area is 205 Å². The second-order valence-corrected chi connectivity index (χ2v) is 9.66. The number of fused-ring (bicyclic) bond motifs is 4. The maximum absolute atomic E-state index is 17.2. The number of hydrogen-bond acceptors (Lipinski definition) is 4. The number of para-hydroxylation sites is 1. The van der Waals surface area contributed by atoms with Gasteiger partial charge in [0.05, 0.1) is 16.8 Å². The molecule has 36 heavy (non-hydrogen) atoms. The molecule has 7 nitrogen and oxygen atoms in total. The molecular formula is C28H20FN3O4. The van der Waals surface area contributed by atoms with E-state index < -0.39 is 48.1 Å². The van der Waals surface area contributed by atoms with Gasteiger partial charge in [0.1, 0.15) is 12.1 Å². The SMILES string of the molecule is O=C1c2ccccc2C(=O)N1[C@H]1C[C@]2(F)c3ccccc3N3C(=O)[C@@H](Cc4ccccc4)N(C1=O)[C@@H]32. The molecule has 0 aliphatic carbocycles. The quantitative estimate of drug-likeness (QED) is 0.539. The normalized spacial score (nSPS) is 28.0. The summed E-state index contributed by atoms with van der Waals surface area (Å²) >= 11 is 0. The molecule has 0 aromatic heterocycles. The van der Waals surface area contributed by atoms with Crippen LogP contribution in [0.2, 0.25) is 0 Å². The second kappa shape index (κ2) is 7.10. The fourth-order valence-electron chi connectivity index (χ4n) is 6.29. The molecule has 0 N–H and O–H groups in total. The van der Waals surface area contributed by atoms with Crippen molar-refractivity contribution in [1.29, 1.82) is 0 Å². The molecule has 0 saturated carbocycles. The summed E-state index contributed by atoms with van der Waals surface area (Å²) in [5.41, 5.74) is -0.211. The smallest absolute Gasteiger partial charge is 0.262 e. The zero-order valence-corrected chi connectivity index (χ0v) is 19.0. The van der Waals surface area contributed by atoms with E-state index in [0.717, 1.165) is 10.5 Å². The molecule has 3 aromatic rings. The summed E-state index contributed by atoms with van der Waals surface area (Å²) in [6.07, 6.45) is -1.36. The molecule has 178 valence electrons. The summed E-state index contributed by atoms with van der Waals surface area (Å²) in [6.45, 7) is 0. The van der Waals surface area contributed by atoms with E-state index in [-0.39, 0.29) is 23.5 Å². The Kier molecular flexibility index (Phi) is 4.14. The van der Waals surface area contributed by atoms with Gasteiger partial charge in [0.2, 0.25) is 5.91 Å². The monoisotopic (exact) mass is 481 g/mol. The van der Waals surface area contributed by atoms with Gasteiger partial charge >= 0.3 is 0 Å². The van der Waals surface area contributed by atoms with Gasteiger partial charge in [-0.3, -0.25) is 29.0 Å². The van der Waals surface area contributed by atoms with Gasteiger partial charge in [-0.25, -0.2) is 4.39 Å². The minimum atomic E-state index is -2.13. The summed E-state index contributed by atoms with van der Waals surface area (Å²) in [7, 11) is 0. The molecule has 3 aromatic carbocycles. The van der Waals surface area contributed by atoms with Crippen molar-refractivity contribution in [3.63, 3.8) is 0 Å². The Morgan fingerprint density at radius 1 is 0.750 bits per heavy atom.